The number of likely N-dealkylation sites (tertiary alicyclic amines) is 1. The largest absolute Gasteiger partial charge is 0.366 e. The van der Waals surface area contributed by atoms with Gasteiger partial charge >= 0.3 is 0 Å². The van der Waals surface area contributed by atoms with Crippen LogP contribution in [0.5, 0.6) is 0 Å². The first-order chi connectivity index (χ1) is 11.6. The molecule has 1 saturated heterocycles. The first-order valence-corrected chi connectivity index (χ1v) is 8.29. The van der Waals surface area contributed by atoms with E-state index in [-0.39, 0.29) is 5.56 Å². The number of H-pyrrole nitrogens is 1. The van der Waals surface area contributed by atoms with Crippen molar-refractivity contribution in [1.29, 1.82) is 0 Å². The van der Waals surface area contributed by atoms with Crippen LogP contribution >= 0.6 is 0 Å². The van der Waals surface area contributed by atoms with Crippen molar-refractivity contribution in [3.05, 3.63) is 35.3 Å². The van der Waals surface area contributed by atoms with Gasteiger partial charge in [-0.1, -0.05) is 6.92 Å². The lowest BCUT2D eigenvalue weighted by molar-refractivity contribution is 0.100. The van der Waals surface area contributed by atoms with Crippen molar-refractivity contribution in [3.63, 3.8) is 0 Å². The number of primary amides is 1. The fraction of sp³-hybridized carbons (Fsp3) is 0.412. The molecule has 2 unspecified atom stereocenters. The zero-order valence-corrected chi connectivity index (χ0v) is 13.3. The molecule has 5 rings (SSSR count). The van der Waals surface area contributed by atoms with Crippen LogP contribution < -0.4 is 5.73 Å². The zero-order chi connectivity index (χ0) is 16.6. The van der Waals surface area contributed by atoms with E-state index in [1.165, 1.54) is 12.1 Å². The molecule has 124 valence electrons. The van der Waals surface area contributed by atoms with Gasteiger partial charge in [0.05, 0.1) is 11.1 Å². The Morgan fingerprint density at radius 3 is 2.83 bits per heavy atom. The van der Waals surface area contributed by atoms with Gasteiger partial charge < -0.3 is 10.6 Å². The Kier molecular flexibility index (Phi) is 2.66. The molecule has 0 spiro atoms. The summed E-state index contributed by atoms with van der Waals surface area (Å²) in [7, 11) is 0. The molecule has 24 heavy (non-hydrogen) atoms. The van der Waals surface area contributed by atoms with E-state index in [1.807, 2.05) is 6.20 Å². The topological polar surface area (TPSA) is 79.4 Å². The molecule has 2 aliphatic rings. The minimum Gasteiger partial charge on any atom is -0.366 e. The van der Waals surface area contributed by atoms with Crippen LogP contribution in [0.2, 0.25) is 0 Å². The van der Waals surface area contributed by atoms with Gasteiger partial charge in [-0.15, -0.1) is 0 Å². The highest BCUT2D eigenvalue weighted by Crippen LogP contribution is 2.58. The number of nitrogens with one attached hydrogen (secondary N) is 1. The number of nitrogens with zero attached hydrogens (tertiary/aromatic N) is 3. The Morgan fingerprint density at radius 2 is 2.17 bits per heavy atom. The molecule has 2 fully saturated rings. The molecule has 1 saturated carbocycles. The minimum atomic E-state index is -0.653. The molecule has 2 aromatic heterocycles. The molecule has 2 atom stereocenters. The van der Waals surface area contributed by atoms with E-state index in [9.17, 15) is 9.18 Å². The molecule has 7 heteroatoms. The molecule has 3 aromatic rings. The SMILES string of the molecule is CCN1CC2C(C1)C2c1c[nH]n2c1nc1cc(F)cc(C(N)=O)c12. The molecule has 0 bridgehead atoms. The van der Waals surface area contributed by atoms with Crippen molar-refractivity contribution in [2.24, 2.45) is 17.6 Å². The monoisotopic (exact) mass is 327 g/mol. The highest BCUT2D eigenvalue weighted by atomic mass is 19.1. The number of halogens is 1. The summed E-state index contributed by atoms with van der Waals surface area (Å²) in [6, 6.07) is 2.52. The van der Waals surface area contributed by atoms with Crippen LogP contribution in [0.1, 0.15) is 28.8 Å². The van der Waals surface area contributed by atoms with Crippen LogP contribution in [-0.4, -0.2) is 45.0 Å². The minimum absolute atomic E-state index is 0.152. The number of carbonyl (C=O) groups is 1. The third-order valence-electron chi connectivity index (χ3n) is 5.67. The molecule has 1 aliphatic heterocycles. The standard InChI is InChI=1S/C17H18FN5O/c1-2-22-6-11-12(7-22)14(11)10-5-20-23-15-9(16(19)24)3-8(18)4-13(15)21-17(10)23/h3-5,11-12,14,20H,2,6-7H2,1H3,(H2,19,24). The predicted octanol–water partition coefficient (Wildman–Crippen LogP) is 1.72. The number of nitrogens with two attached hydrogens (primary N) is 1. The van der Waals surface area contributed by atoms with E-state index in [2.05, 4.69) is 21.9 Å². The Bertz CT molecular complexity index is 978. The summed E-state index contributed by atoms with van der Waals surface area (Å²) < 4.78 is 15.5. The Morgan fingerprint density at radius 1 is 1.42 bits per heavy atom. The maximum Gasteiger partial charge on any atom is 0.251 e. The van der Waals surface area contributed by atoms with Crippen molar-refractivity contribution in [2.45, 2.75) is 12.8 Å². The number of hydrogen-bond donors (Lipinski definition) is 2. The first-order valence-electron chi connectivity index (χ1n) is 8.29. The number of amides is 1. The van der Waals surface area contributed by atoms with E-state index in [0.717, 1.165) is 30.8 Å². The summed E-state index contributed by atoms with van der Waals surface area (Å²) in [4.78, 5) is 18.7. The van der Waals surface area contributed by atoms with Crippen LogP contribution in [0.3, 0.4) is 0 Å². The molecule has 6 nitrogen and oxygen atoms in total. The second-order valence-electron chi connectivity index (χ2n) is 6.89. The van der Waals surface area contributed by atoms with Gasteiger partial charge in [0.25, 0.3) is 5.91 Å². The average molecular weight is 327 g/mol. The lowest BCUT2D eigenvalue weighted by Gasteiger charge is -2.16. The van der Waals surface area contributed by atoms with Gasteiger partial charge in [0.15, 0.2) is 5.65 Å². The van der Waals surface area contributed by atoms with Crippen molar-refractivity contribution in [2.75, 3.05) is 19.6 Å². The number of aromatic nitrogens is 3. The number of rotatable bonds is 3. The van der Waals surface area contributed by atoms with Crippen molar-refractivity contribution >= 4 is 22.6 Å². The van der Waals surface area contributed by atoms with Gasteiger partial charge in [-0.3, -0.25) is 9.89 Å². The second-order valence-corrected chi connectivity index (χ2v) is 6.89. The molecule has 1 amide bonds. The summed E-state index contributed by atoms with van der Waals surface area (Å²) in [6.45, 7) is 5.54. The molecule has 3 heterocycles. The number of aromatic amines is 1. The molecule has 0 radical (unpaired) electrons. The van der Waals surface area contributed by atoms with Crippen LogP contribution in [0.15, 0.2) is 18.3 Å². The summed E-state index contributed by atoms with van der Waals surface area (Å²) in [5.41, 5.74) is 8.51. The third kappa shape index (κ3) is 1.73. The van der Waals surface area contributed by atoms with Crippen LogP contribution in [0.25, 0.3) is 16.7 Å². The van der Waals surface area contributed by atoms with E-state index >= 15 is 0 Å². The Hall–Kier alpha value is -2.41. The zero-order valence-electron chi connectivity index (χ0n) is 13.3. The third-order valence-corrected chi connectivity index (χ3v) is 5.67. The molecular formula is C17H18FN5O. The summed E-state index contributed by atoms with van der Waals surface area (Å²) >= 11 is 0. The molecule has 1 aliphatic carbocycles. The number of piperidine rings is 1. The van der Waals surface area contributed by atoms with E-state index in [4.69, 9.17) is 5.73 Å². The van der Waals surface area contributed by atoms with Crippen LogP contribution in [0, 0.1) is 17.7 Å². The number of fused-ring (bicyclic) bond motifs is 4. The fourth-order valence-electron chi connectivity index (χ4n) is 4.46. The van der Waals surface area contributed by atoms with Crippen molar-refractivity contribution < 1.29 is 9.18 Å². The second kappa shape index (κ2) is 4.57. The van der Waals surface area contributed by atoms with Crippen molar-refractivity contribution in [3.8, 4) is 0 Å². The maximum atomic E-state index is 13.8. The lowest BCUT2D eigenvalue weighted by Crippen LogP contribution is -2.23. The maximum absolute atomic E-state index is 13.8. The normalized spacial score (nSPS) is 26.3. The van der Waals surface area contributed by atoms with Crippen LogP contribution in [-0.2, 0) is 0 Å². The quantitative estimate of drug-likeness (QED) is 0.769. The number of imidazole rings is 1. The average Bonchev–Trinajstić information content (AvgIpc) is 2.93. The van der Waals surface area contributed by atoms with Gasteiger partial charge in [0.2, 0.25) is 0 Å². The lowest BCUT2D eigenvalue weighted by atomic mass is 10.1. The van der Waals surface area contributed by atoms with Gasteiger partial charge in [0.1, 0.15) is 11.3 Å². The first kappa shape index (κ1) is 14.0. The van der Waals surface area contributed by atoms with E-state index in [1.54, 1.807) is 4.52 Å². The summed E-state index contributed by atoms with van der Waals surface area (Å²) in [5.74, 6) is 0.702. The molecular weight excluding hydrogens is 309 g/mol. The van der Waals surface area contributed by atoms with E-state index in [0.29, 0.717) is 28.8 Å². The van der Waals surface area contributed by atoms with Gasteiger partial charge in [-0.25, -0.2) is 13.9 Å². The highest BCUT2D eigenvalue weighted by Gasteiger charge is 2.56. The Balaban J connectivity index is 1.64. The molecule has 1 aromatic carbocycles. The van der Waals surface area contributed by atoms with Gasteiger partial charge in [-0.2, -0.15) is 0 Å². The Labute approximate surface area is 137 Å². The number of benzene rings is 1. The smallest absolute Gasteiger partial charge is 0.251 e. The number of carbonyl (C=O) groups excluding carboxylic acids is 1. The van der Waals surface area contributed by atoms with Crippen LogP contribution in [0.4, 0.5) is 4.39 Å². The van der Waals surface area contributed by atoms with Gasteiger partial charge in [0, 0.05) is 30.9 Å². The fourth-order valence-corrected chi connectivity index (χ4v) is 4.46. The number of hydrogen-bond acceptors (Lipinski definition) is 3. The highest BCUT2D eigenvalue weighted by molar-refractivity contribution is 6.05. The van der Waals surface area contributed by atoms with E-state index < -0.39 is 11.7 Å². The molecule has 3 N–H and O–H groups in total. The summed E-state index contributed by atoms with van der Waals surface area (Å²) in [6.07, 6.45) is 1.97. The predicted molar refractivity (Wildman–Crippen MR) is 87.4 cm³/mol. The van der Waals surface area contributed by atoms with Gasteiger partial charge in [-0.05, 0) is 30.4 Å². The van der Waals surface area contributed by atoms with Crippen molar-refractivity contribution in [1.82, 2.24) is 19.5 Å². The summed E-state index contributed by atoms with van der Waals surface area (Å²) in [5, 5.41) is 3.17.